The Balaban J connectivity index is 2.17. The Bertz CT molecular complexity index is 401. The van der Waals surface area contributed by atoms with E-state index in [-0.39, 0.29) is 6.10 Å². The second-order valence-corrected chi connectivity index (χ2v) is 4.23. The van der Waals surface area contributed by atoms with E-state index in [0.29, 0.717) is 31.1 Å². The van der Waals surface area contributed by atoms with Crippen molar-refractivity contribution < 1.29 is 9.84 Å². The number of hydrogen-bond donors (Lipinski definition) is 2. The smallest absolute Gasteiger partial charge is 0.323 e. The highest BCUT2D eigenvalue weighted by molar-refractivity contribution is 5.39. The van der Waals surface area contributed by atoms with Gasteiger partial charge in [-0.15, -0.1) is 0 Å². The number of β-amino-alcohol motifs (C(OH)–C–C–N with tert-alkyl or cyclic N) is 1. The maximum absolute atomic E-state index is 9.54. The van der Waals surface area contributed by atoms with Gasteiger partial charge in [0.25, 0.3) is 0 Å². The predicted octanol–water partition coefficient (Wildman–Crippen LogP) is 0.273. The van der Waals surface area contributed by atoms with Crippen molar-refractivity contribution in [3.63, 3.8) is 0 Å². The number of aromatic nitrogens is 3. The Morgan fingerprint density at radius 1 is 1.44 bits per heavy atom. The monoisotopic (exact) mass is 253 g/mol. The fraction of sp³-hybridized carbons (Fsp3) is 0.727. The van der Waals surface area contributed by atoms with Crippen LogP contribution >= 0.6 is 0 Å². The summed E-state index contributed by atoms with van der Waals surface area (Å²) in [6.45, 7) is 3.91. The summed E-state index contributed by atoms with van der Waals surface area (Å²) in [4.78, 5) is 14.6. The molecule has 1 aliphatic heterocycles. The van der Waals surface area contributed by atoms with E-state index in [1.807, 2.05) is 11.8 Å². The van der Waals surface area contributed by atoms with Gasteiger partial charge < -0.3 is 20.1 Å². The van der Waals surface area contributed by atoms with Gasteiger partial charge in [-0.2, -0.15) is 15.0 Å². The number of ether oxygens (including phenoxy) is 1. The summed E-state index contributed by atoms with van der Waals surface area (Å²) in [6, 6.07) is 0.326. The van der Waals surface area contributed by atoms with Crippen molar-refractivity contribution in [1.29, 1.82) is 0 Å². The minimum Gasteiger partial charge on any atom is -0.463 e. The van der Waals surface area contributed by atoms with E-state index in [0.717, 1.165) is 19.4 Å². The third kappa shape index (κ3) is 2.98. The lowest BCUT2D eigenvalue weighted by molar-refractivity contribution is 0.198. The number of rotatable bonds is 5. The lowest BCUT2D eigenvalue weighted by Crippen LogP contribution is -2.24. The first-order valence-corrected chi connectivity index (χ1v) is 6.22. The highest BCUT2D eigenvalue weighted by Gasteiger charge is 2.23. The first-order chi connectivity index (χ1) is 8.72. The van der Waals surface area contributed by atoms with Crippen molar-refractivity contribution in [2.45, 2.75) is 25.9 Å². The van der Waals surface area contributed by atoms with Crippen molar-refractivity contribution >= 4 is 11.9 Å². The van der Waals surface area contributed by atoms with Gasteiger partial charge in [-0.25, -0.2) is 0 Å². The topological polar surface area (TPSA) is 83.4 Å². The summed E-state index contributed by atoms with van der Waals surface area (Å²) in [6.07, 6.45) is 1.34. The van der Waals surface area contributed by atoms with Crippen molar-refractivity contribution in [3.05, 3.63) is 0 Å². The first kappa shape index (κ1) is 12.8. The van der Waals surface area contributed by atoms with Gasteiger partial charge >= 0.3 is 6.01 Å². The van der Waals surface area contributed by atoms with Crippen molar-refractivity contribution in [2.75, 3.05) is 37.0 Å². The molecule has 0 bridgehead atoms. The van der Waals surface area contributed by atoms with Gasteiger partial charge in [0, 0.05) is 20.1 Å². The normalized spacial score (nSPS) is 19.1. The zero-order chi connectivity index (χ0) is 13.0. The maximum Gasteiger partial charge on any atom is 0.323 e. The van der Waals surface area contributed by atoms with Crippen LogP contribution < -0.4 is 15.0 Å². The second-order valence-electron chi connectivity index (χ2n) is 4.23. The van der Waals surface area contributed by atoms with Gasteiger partial charge in [-0.1, -0.05) is 6.92 Å². The van der Waals surface area contributed by atoms with Gasteiger partial charge in [-0.05, 0) is 12.8 Å². The van der Waals surface area contributed by atoms with E-state index in [1.54, 1.807) is 7.05 Å². The SMILES string of the molecule is CCCOc1nc(NC)nc(N2CCC(O)C2)n1. The minimum atomic E-state index is -0.306. The molecular formula is C11H19N5O2. The largest absolute Gasteiger partial charge is 0.463 e. The molecule has 0 radical (unpaired) electrons. The fourth-order valence-corrected chi connectivity index (χ4v) is 1.78. The second kappa shape index (κ2) is 5.81. The Hall–Kier alpha value is -1.63. The molecule has 1 saturated heterocycles. The molecule has 0 aromatic carbocycles. The van der Waals surface area contributed by atoms with Gasteiger partial charge in [0.1, 0.15) is 0 Å². The Morgan fingerprint density at radius 2 is 2.28 bits per heavy atom. The van der Waals surface area contributed by atoms with E-state index in [9.17, 15) is 5.11 Å². The van der Waals surface area contributed by atoms with Gasteiger partial charge in [0.15, 0.2) is 0 Å². The third-order valence-electron chi connectivity index (χ3n) is 2.71. The number of nitrogens with one attached hydrogen (secondary N) is 1. The molecule has 1 unspecified atom stereocenters. The molecule has 1 atom stereocenters. The molecule has 0 saturated carbocycles. The number of aliphatic hydroxyl groups is 1. The molecule has 18 heavy (non-hydrogen) atoms. The Labute approximate surface area is 106 Å². The van der Waals surface area contributed by atoms with Crippen LogP contribution in [0.3, 0.4) is 0 Å². The van der Waals surface area contributed by atoms with Gasteiger partial charge in [-0.3, -0.25) is 0 Å². The molecule has 1 aliphatic rings. The van der Waals surface area contributed by atoms with Crippen molar-refractivity contribution in [1.82, 2.24) is 15.0 Å². The average Bonchev–Trinajstić information content (AvgIpc) is 2.82. The van der Waals surface area contributed by atoms with Crippen LogP contribution in [-0.4, -0.2) is 52.9 Å². The van der Waals surface area contributed by atoms with E-state index in [1.165, 1.54) is 0 Å². The Morgan fingerprint density at radius 3 is 2.89 bits per heavy atom. The van der Waals surface area contributed by atoms with Crippen LogP contribution in [0, 0.1) is 0 Å². The van der Waals surface area contributed by atoms with E-state index < -0.39 is 0 Å². The molecule has 1 fully saturated rings. The summed E-state index contributed by atoms with van der Waals surface area (Å²) in [5.41, 5.74) is 0. The molecule has 7 heteroatoms. The number of hydrogen-bond acceptors (Lipinski definition) is 7. The van der Waals surface area contributed by atoms with Crippen LogP contribution in [0.4, 0.5) is 11.9 Å². The molecule has 100 valence electrons. The van der Waals surface area contributed by atoms with Crippen LogP contribution in [0.15, 0.2) is 0 Å². The summed E-state index contributed by atoms with van der Waals surface area (Å²) in [5, 5.41) is 12.4. The summed E-state index contributed by atoms with van der Waals surface area (Å²) in [5.74, 6) is 1.03. The van der Waals surface area contributed by atoms with Crippen LogP contribution in [0.25, 0.3) is 0 Å². The molecule has 1 aromatic rings. The van der Waals surface area contributed by atoms with Gasteiger partial charge in [0.2, 0.25) is 11.9 Å². The molecule has 2 heterocycles. The van der Waals surface area contributed by atoms with Crippen molar-refractivity contribution in [2.24, 2.45) is 0 Å². The maximum atomic E-state index is 9.54. The molecule has 1 aromatic heterocycles. The summed E-state index contributed by atoms with van der Waals surface area (Å²) < 4.78 is 5.43. The fourth-order valence-electron chi connectivity index (χ4n) is 1.78. The Kier molecular flexibility index (Phi) is 4.14. The molecule has 0 spiro atoms. The molecule has 7 nitrogen and oxygen atoms in total. The number of anilines is 2. The quantitative estimate of drug-likeness (QED) is 0.779. The lowest BCUT2D eigenvalue weighted by Gasteiger charge is -2.16. The summed E-state index contributed by atoms with van der Waals surface area (Å²) >= 11 is 0. The highest BCUT2D eigenvalue weighted by atomic mass is 16.5. The van der Waals surface area contributed by atoms with E-state index in [4.69, 9.17) is 4.74 Å². The molecule has 2 N–H and O–H groups in total. The van der Waals surface area contributed by atoms with Crippen LogP contribution in [0.5, 0.6) is 6.01 Å². The zero-order valence-corrected chi connectivity index (χ0v) is 10.8. The standard InChI is InChI=1S/C11H19N5O2/c1-3-6-18-11-14-9(12-2)13-10(15-11)16-5-4-8(17)7-16/h8,17H,3-7H2,1-2H3,(H,12,13,14,15). The minimum absolute atomic E-state index is 0.306. The zero-order valence-electron chi connectivity index (χ0n) is 10.8. The first-order valence-electron chi connectivity index (χ1n) is 6.22. The van der Waals surface area contributed by atoms with E-state index >= 15 is 0 Å². The van der Waals surface area contributed by atoms with Crippen LogP contribution in [0.1, 0.15) is 19.8 Å². The van der Waals surface area contributed by atoms with E-state index in [2.05, 4.69) is 20.3 Å². The van der Waals surface area contributed by atoms with Crippen molar-refractivity contribution in [3.8, 4) is 6.01 Å². The predicted molar refractivity (Wildman–Crippen MR) is 68.0 cm³/mol. The van der Waals surface area contributed by atoms with Gasteiger partial charge in [0.05, 0.1) is 12.7 Å². The molecule has 0 amide bonds. The average molecular weight is 253 g/mol. The van der Waals surface area contributed by atoms with Crippen LogP contribution in [0.2, 0.25) is 0 Å². The molecular weight excluding hydrogens is 234 g/mol. The molecule has 0 aliphatic carbocycles. The highest BCUT2D eigenvalue weighted by Crippen LogP contribution is 2.19. The third-order valence-corrected chi connectivity index (χ3v) is 2.71. The lowest BCUT2D eigenvalue weighted by atomic mass is 10.3. The summed E-state index contributed by atoms with van der Waals surface area (Å²) in [7, 11) is 1.75. The van der Waals surface area contributed by atoms with Crippen LogP contribution in [-0.2, 0) is 0 Å². The number of aliphatic hydroxyl groups excluding tert-OH is 1. The molecule has 2 rings (SSSR count). The number of nitrogens with zero attached hydrogens (tertiary/aromatic N) is 4.